The molecule has 4 rings (SSSR count). The Morgan fingerprint density at radius 3 is 2.06 bits per heavy atom. The number of aliphatic imine (C=N–C) groups is 1. The van der Waals surface area contributed by atoms with Crippen molar-refractivity contribution in [2.24, 2.45) is 10.7 Å². The van der Waals surface area contributed by atoms with Gasteiger partial charge in [0.1, 0.15) is 0 Å². The standard InChI is InChI=1S/C25H28N4O3S/c1-18(2)33(31,32)28-22-15-13-19(14-16-22)17-29-23(30)25(27-24(29)26,20-9-5-3-6-10-20)21-11-7-4-8-12-21/h3-13,15,18,28H,14,16-17H2,1-2H3,(H2,26,27). The van der Waals surface area contributed by atoms with Gasteiger partial charge in [-0.15, -0.1) is 0 Å². The molecule has 7 nitrogen and oxygen atoms in total. The van der Waals surface area contributed by atoms with E-state index in [4.69, 9.17) is 10.7 Å². The van der Waals surface area contributed by atoms with Crippen molar-refractivity contribution in [3.8, 4) is 0 Å². The van der Waals surface area contributed by atoms with Gasteiger partial charge in [-0.3, -0.25) is 14.4 Å². The minimum atomic E-state index is -3.38. The first-order valence-electron chi connectivity index (χ1n) is 10.9. The lowest BCUT2D eigenvalue weighted by Gasteiger charge is -2.28. The zero-order chi connectivity index (χ0) is 23.6. The number of hydrogen-bond donors (Lipinski definition) is 2. The summed E-state index contributed by atoms with van der Waals surface area (Å²) in [6.07, 6.45) is 4.77. The highest BCUT2D eigenvalue weighted by molar-refractivity contribution is 7.90. The molecule has 8 heteroatoms. The number of allylic oxidation sites excluding steroid dienone is 3. The Balaban J connectivity index is 1.61. The molecule has 2 aromatic rings. The highest BCUT2D eigenvalue weighted by atomic mass is 32.2. The fraction of sp³-hybridized carbons (Fsp3) is 0.280. The molecule has 2 aromatic carbocycles. The molecule has 1 aliphatic heterocycles. The van der Waals surface area contributed by atoms with E-state index in [9.17, 15) is 13.2 Å². The van der Waals surface area contributed by atoms with Crippen molar-refractivity contribution in [2.75, 3.05) is 6.54 Å². The van der Waals surface area contributed by atoms with E-state index in [2.05, 4.69) is 4.72 Å². The molecule has 1 heterocycles. The van der Waals surface area contributed by atoms with Gasteiger partial charge in [0, 0.05) is 5.70 Å². The molecule has 0 bridgehead atoms. The summed E-state index contributed by atoms with van der Waals surface area (Å²) in [7, 11) is -3.38. The summed E-state index contributed by atoms with van der Waals surface area (Å²) in [4.78, 5) is 20.1. The van der Waals surface area contributed by atoms with Crippen LogP contribution in [0.3, 0.4) is 0 Å². The predicted molar refractivity (Wildman–Crippen MR) is 130 cm³/mol. The second kappa shape index (κ2) is 8.86. The largest absolute Gasteiger partial charge is 0.369 e. The number of nitrogens with one attached hydrogen (secondary N) is 1. The predicted octanol–water partition coefficient (Wildman–Crippen LogP) is 3.02. The van der Waals surface area contributed by atoms with Crippen LogP contribution in [0, 0.1) is 0 Å². The molecule has 1 amide bonds. The third-order valence-corrected chi connectivity index (χ3v) is 7.78. The number of sulfonamides is 1. The summed E-state index contributed by atoms with van der Waals surface area (Å²) >= 11 is 0. The molecule has 0 saturated carbocycles. The summed E-state index contributed by atoms with van der Waals surface area (Å²) in [5, 5.41) is -0.508. The van der Waals surface area contributed by atoms with Gasteiger partial charge in [0.15, 0.2) is 11.5 Å². The minimum Gasteiger partial charge on any atom is -0.369 e. The van der Waals surface area contributed by atoms with Crippen molar-refractivity contribution in [1.82, 2.24) is 9.62 Å². The molecule has 0 saturated heterocycles. The fourth-order valence-corrected chi connectivity index (χ4v) is 4.81. The van der Waals surface area contributed by atoms with E-state index in [1.54, 1.807) is 19.9 Å². The Bertz CT molecular complexity index is 1190. The van der Waals surface area contributed by atoms with Crippen molar-refractivity contribution in [1.29, 1.82) is 0 Å². The van der Waals surface area contributed by atoms with Crippen LogP contribution in [0.5, 0.6) is 0 Å². The van der Waals surface area contributed by atoms with Gasteiger partial charge in [0.2, 0.25) is 10.0 Å². The summed E-state index contributed by atoms with van der Waals surface area (Å²) in [5.74, 6) is -0.0301. The zero-order valence-corrected chi connectivity index (χ0v) is 19.5. The average molecular weight is 465 g/mol. The second-order valence-corrected chi connectivity index (χ2v) is 10.8. The van der Waals surface area contributed by atoms with Gasteiger partial charge in [0.05, 0.1) is 11.8 Å². The van der Waals surface area contributed by atoms with Crippen molar-refractivity contribution in [3.05, 3.63) is 95.2 Å². The van der Waals surface area contributed by atoms with E-state index in [0.717, 1.165) is 16.7 Å². The number of carbonyl (C=O) groups is 1. The molecular formula is C25H28N4O3S. The van der Waals surface area contributed by atoms with E-state index in [1.807, 2.05) is 66.7 Å². The number of hydrogen-bond acceptors (Lipinski definition) is 5. The molecule has 0 atom stereocenters. The molecule has 0 aromatic heterocycles. The first-order valence-corrected chi connectivity index (χ1v) is 12.5. The molecule has 1 aliphatic carbocycles. The number of rotatable bonds is 7. The fourth-order valence-electron chi connectivity index (χ4n) is 4.03. The summed E-state index contributed by atoms with van der Waals surface area (Å²) < 4.78 is 26.9. The Hall–Kier alpha value is -3.39. The molecule has 33 heavy (non-hydrogen) atoms. The van der Waals surface area contributed by atoms with Gasteiger partial charge in [-0.05, 0) is 49.5 Å². The Kier molecular flexibility index (Phi) is 6.12. The number of benzene rings is 2. The highest BCUT2D eigenvalue weighted by Crippen LogP contribution is 2.40. The van der Waals surface area contributed by atoms with Crippen molar-refractivity contribution >= 4 is 21.9 Å². The first-order chi connectivity index (χ1) is 15.7. The van der Waals surface area contributed by atoms with Crippen molar-refractivity contribution in [2.45, 2.75) is 37.5 Å². The van der Waals surface area contributed by atoms with Gasteiger partial charge in [-0.1, -0.05) is 66.7 Å². The van der Waals surface area contributed by atoms with Crippen molar-refractivity contribution in [3.63, 3.8) is 0 Å². The van der Waals surface area contributed by atoms with E-state index in [0.29, 0.717) is 25.1 Å². The lowest BCUT2D eigenvalue weighted by molar-refractivity contribution is -0.129. The lowest BCUT2D eigenvalue weighted by Crippen LogP contribution is -2.44. The molecule has 0 spiro atoms. The van der Waals surface area contributed by atoms with E-state index >= 15 is 0 Å². The van der Waals surface area contributed by atoms with Crippen LogP contribution >= 0.6 is 0 Å². The van der Waals surface area contributed by atoms with Crippen LogP contribution < -0.4 is 10.5 Å². The maximum atomic E-state index is 13.8. The Morgan fingerprint density at radius 1 is 1.00 bits per heavy atom. The molecular weight excluding hydrogens is 436 g/mol. The average Bonchev–Trinajstić information content (AvgIpc) is 3.07. The quantitative estimate of drug-likeness (QED) is 0.657. The van der Waals surface area contributed by atoms with Crippen LogP contribution in [0.2, 0.25) is 0 Å². The van der Waals surface area contributed by atoms with Crippen LogP contribution in [-0.4, -0.2) is 37.0 Å². The Morgan fingerprint density at radius 2 is 1.58 bits per heavy atom. The third-order valence-electron chi connectivity index (χ3n) is 5.99. The number of nitrogens with zero attached hydrogens (tertiary/aromatic N) is 2. The molecule has 0 fully saturated rings. The van der Waals surface area contributed by atoms with Crippen LogP contribution in [0.4, 0.5) is 0 Å². The molecule has 2 aliphatic rings. The van der Waals surface area contributed by atoms with Gasteiger partial charge in [-0.25, -0.2) is 13.4 Å². The van der Waals surface area contributed by atoms with E-state index in [-0.39, 0.29) is 11.9 Å². The first kappa shape index (κ1) is 22.8. The van der Waals surface area contributed by atoms with Gasteiger partial charge in [-0.2, -0.15) is 0 Å². The van der Waals surface area contributed by atoms with E-state index < -0.39 is 20.8 Å². The second-order valence-electron chi connectivity index (χ2n) is 8.52. The summed E-state index contributed by atoms with van der Waals surface area (Å²) in [6.45, 7) is 3.58. The van der Waals surface area contributed by atoms with Gasteiger partial charge >= 0.3 is 0 Å². The van der Waals surface area contributed by atoms with Gasteiger partial charge < -0.3 is 5.73 Å². The minimum absolute atomic E-state index is 0.170. The monoisotopic (exact) mass is 464 g/mol. The number of nitrogens with two attached hydrogens (primary N) is 1. The molecule has 0 unspecified atom stereocenters. The van der Waals surface area contributed by atoms with E-state index in [1.165, 1.54) is 4.90 Å². The lowest BCUT2D eigenvalue weighted by atomic mass is 9.83. The number of carbonyl (C=O) groups excluding carboxylic acids is 1. The zero-order valence-electron chi connectivity index (χ0n) is 18.7. The number of guanidine groups is 1. The Labute approximate surface area is 194 Å². The maximum absolute atomic E-state index is 13.8. The molecule has 0 radical (unpaired) electrons. The van der Waals surface area contributed by atoms with Crippen LogP contribution in [-0.2, 0) is 20.4 Å². The van der Waals surface area contributed by atoms with Crippen molar-refractivity contribution < 1.29 is 13.2 Å². The maximum Gasteiger partial charge on any atom is 0.266 e. The third kappa shape index (κ3) is 4.30. The summed E-state index contributed by atoms with van der Waals surface area (Å²) in [6, 6.07) is 18.9. The molecule has 172 valence electrons. The highest BCUT2D eigenvalue weighted by Gasteiger charge is 2.50. The SMILES string of the molecule is CC(C)S(=O)(=O)NC1=CC=C(CN2C(=O)C(c3ccccc3)(c3ccccc3)N=C2N)CC1. The summed E-state index contributed by atoms with van der Waals surface area (Å²) in [5.41, 5.74) is 8.21. The van der Waals surface area contributed by atoms with Gasteiger partial charge in [0.25, 0.3) is 5.91 Å². The van der Waals surface area contributed by atoms with Crippen LogP contribution in [0.1, 0.15) is 37.8 Å². The van der Waals surface area contributed by atoms with Crippen LogP contribution in [0.15, 0.2) is 89.1 Å². The topological polar surface area (TPSA) is 105 Å². The molecule has 3 N–H and O–H groups in total. The number of amides is 1. The normalized spacial score (nSPS) is 18.1. The van der Waals surface area contributed by atoms with Crippen LogP contribution in [0.25, 0.3) is 0 Å². The smallest absolute Gasteiger partial charge is 0.266 e.